The van der Waals surface area contributed by atoms with E-state index in [-0.39, 0.29) is 11.8 Å². The largest absolute Gasteiger partial charge is 0.493 e. The number of hydrogen-bond donors (Lipinski definition) is 1. The number of aromatic nitrogens is 4. The molecule has 0 spiro atoms. The number of anilines is 1. The number of fused-ring (bicyclic) bond motifs is 1. The molecule has 30 heavy (non-hydrogen) atoms. The molecule has 0 bridgehead atoms. The Balaban J connectivity index is 1.87. The van der Waals surface area contributed by atoms with Crippen molar-refractivity contribution in [2.24, 2.45) is 0 Å². The summed E-state index contributed by atoms with van der Waals surface area (Å²) in [6, 6.07) is 6.74. The number of alkyl halides is 3. The van der Waals surface area contributed by atoms with E-state index in [0.717, 1.165) is 10.1 Å². The first kappa shape index (κ1) is 21.6. The number of nitrogens with one attached hydrogen (secondary N) is 1. The van der Waals surface area contributed by atoms with Crippen LogP contribution in [0.4, 0.5) is 19.0 Å². The van der Waals surface area contributed by atoms with Crippen molar-refractivity contribution in [1.29, 1.82) is 0 Å². The van der Waals surface area contributed by atoms with Gasteiger partial charge in [-0.15, -0.1) is 5.10 Å². The van der Waals surface area contributed by atoms with Crippen molar-refractivity contribution in [2.75, 3.05) is 32.8 Å². The van der Waals surface area contributed by atoms with Crippen LogP contribution >= 0.6 is 0 Å². The summed E-state index contributed by atoms with van der Waals surface area (Å²) in [6.45, 7) is 4.36. The normalized spacial score (nSPS) is 12.8. The lowest BCUT2D eigenvalue weighted by atomic mass is 10.1. The summed E-state index contributed by atoms with van der Waals surface area (Å²) >= 11 is 0. The predicted molar refractivity (Wildman–Crippen MR) is 103 cm³/mol. The molecule has 2 heterocycles. The highest BCUT2D eigenvalue weighted by Gasteiger charge is 2.37. The summed E-state index contributed by atoms with van der Waals surface area (Å²) in [5.41, 5.74) is 1.35. The van der Waals surface area contributed by atoms with Crippen molar-refractivity contribution < 1.29 is 27.4 Å². The molecule has 11 heteroatoms. The van der Waals surface area contributed by atoms with E-state index in [9.17, 15) is 13.2 Å². The van der Waals surface area contributed by atoms with Gasteiger partial charge in [-0.25, -0.2) is 4.98 Å². The van der Waals surface area contributed by atoms with Gasteiger partial charge >= 0.3 is 6.18 Å². The van der Waals surface area contributed by atoms with Gasteiger partial charge in [0, 0.05) is 18.9 Å². The Labute approximate surface area is 171 Å². The van der Waals surface area contributed by atoms with Gasteiger partial charge in [-0.2, -0.15) is 22.7 Å². The molecule has 1 N–H and O–H groups in total. The van der Waals surface area contributed by atoms with Gasteiger partial charge in [-0.05, 0) is 31.5 Å². The Hall–Kier alpha value is -3.08. The number of benzene rings is 1. The summed E-state index contributed by atoms with van der Waals surface area (Å²) in [6.07, 6.45) is -4.66. The fraction of sp³-hybridized carbons (Fsp3) is 0.421. The van der Waals surface area contributed by atoms with Crippen LogP contribution in [-0.4, -0.2) is 47.0 Å². The molecule has 3 rings (SSSR count). The molecular formula is C19H22F3N5O3. The van der Waals surface area contributed by atoms with Gasteiger partial charge in [-0.1, -0.05) is 6.07 Å². The number of rotatable bonds is 8. The SMILES string of the molecule is COCCOc1ccc(C(C)Nc2cc(C)nc3nc(C(F)(F)F)nn23)cc1OC. The molecule has 3 aromatic rings. The van der Waals surface area contributed by atoms with Crippen molar-refractivity contribution in [2.45, 2.75) is 26.1 Å². The number of halogens is 3. The Morgan fingerprint density at radius 3 is 2.53 bits per heavy atom. The number of methoxy groups -OCH3 is 2. The maximum Gasteiger partial charge on any atom is 0.453 e. The lowest BCUT2D eigenvalue weighted by Gasteiger charge is -2.18. The van der Waals surface area contributed by atoms with Crippen molar-refractivity contribution in [3.05, 3.63) is 41.3 Å². The summed E-state index contributed by atoms with van der Waals surface area (Å²) in [4.78, 5) is 7.52. The zero-order valence-electron chi connectivity index (χ0n) is 16.9. The zero-order valence-corrected chi connectivity index (χ0v) is 16.9. The highest BCUT2D eigenvalue weighted by molar-refractivity contribution is 5.49. The van der Waals surface area contributed by atoms with Gasteiger partial charge in [0.25, 0.3) is 11.6 Å². The highest BCUT2D eigenvalue weighted by atomic mass is 19.4. The van der Waals surface area contributed by atoms with E-state index in [2.05, 4.69) is 20.4 Å². The Morgan fingerprint density at radius 1 is 1.10 bits per heavy atom. The van der Waals surface area contributed by atoms with Crippen LogP contribution in [0.25, 0.3) is 5.78 Å². The van der Waals surface area contributed by atoms with Gasteiger partial charge in [0.15, 0.2) is 11.5 Å². The Bertz CT molecular complexity index is 1020. The minimum Gasteiger partial charge on any atom is -0.493 e. The topological polar surface area (TPSA) is 82.8 Å². The lowest BCUT2D eigenvalue weighted by Crippen LogP contribution is -2.12. The van der Waals surface area contributed by atoms with Crippen LogP contribution in [0.5, 0.6) is 11.5 Å². The van der Waals surface area contributed by atoms with E-state index in [0.29, 0.717) is 36.2 Å². The van der Waals surface area contributed by atoms with E-state index in [1.165, 1.54) is 7.11 Å². The van der Waals surface area contributed by atoms with Gasteiger partial charge in [0.05, 0.1) is 19.8 Å². The molecule has 0 aliphatic heterocycles. The average Bonchev–Trinajstić information content (AvgIpc) is 3.13. The first-order chi connectivity index (χ1) is 14.2. The van der Waals surface area contributed by atoms with Crippen molar-refractivity contribution in [3.8, 4) is 11.5 Å². The molecule has 1 aromatic carbocycles. The Kier molecular flexibility index (Phi) is 6.30. The number of aryl methyl sites for hydroxylation is 1. The van der Waals surface area contributed by atoms with Crippen molar-refractivity contribution in [3.63, 3.8) is 0 Å². The molecule has 2 aromatic heterocycles. The maximum absolute atomic E-state index is 13.0. The molecule has 0 fully saturated rings. The maximum atomic E-state index is 13.0. The van der Waals surface area contributed by atoms with E-state index >= 15 is 0 Å². The lowest BCUT2D eigenvalue weighted by molar-refractivity contribution is -0.144. The van der Waals surface area contributed by atoms with Crippen LogP contribution in [-0.2, 0) is 10.9 Å². The molecule has 0 saturated carbocycles. The van der Waals surface area contributed by atoms with Crippen LogP contribution in [0.2, 0.25) is 0 Å². The monoisotopic (exact) mass is 425 g/mol. The number of ether oxygens (including phenoxy) is 3. The first-order valence-corrected chi connectivity index (χ1v) is 9.10. The van der Waals surface area contributed by atoms with E-state index < -0.39 is 12.0 Å². The molecule has 1 atom stereocenters. The second kappa shape index (κ2) is 8.74. The van der Waals surface area contributed by atoms with Gasteiger partial charge in [-0.3, -0.25) is 0 Å². The quantitative estimate of drug-likeness (QED) is 0.552. The molecule has 162 valence electrons. The molecule has 0 saturated heterocycles. The molecule has 0 aliphatic rings. The predicted octanol–water partition coefficient (Wildman–Crippen LogP) is 3.66. The van der Waals surface area contributed by atoms with Crippen LogP contribution in [0.1, 0.15) is 30.0 Å². The number of nitrogens with zero attached hydrogens (tertiary/aromatic N) is 4. The minimum absolute atomic E-state index is 0.128. The molecular weight excluding hydrogens is 403 g/mol. The summed E-state index contributed by atoms with van der Waals surface area (Å²) in [5.74, 6) is 0.0755. The third-order valence-electron chi connectivity index (χ3n) is 4.29. The molecule has 0 radical (unpaired) electrons. The summed E-state index contributed by atoms with van der Waals surface area (Å²) in [5, 5.41) is 6.73. The van der Waals surface area contributed by atoms with Crippen LogP contribution in [0, 0.1) is 6.92 Å². The van der Waals surface area contributed by atoms with Gasteiger partial charge < -0.3 is 19.5 Å². The van der Waals surface area contributed by atoms with Crippen molar-refractivity contribution >= 4 is 11.6 Å². The van der Waals surface area contributed by atoms with Gasteiger partial charge in [0.2, 0.25) is 0 Å². The van der Waals surface area contributed by atoms with Crippen LogP contribution in [0.15, 0.2) is 24.3 Å². The average molecular weight is 425 g/mol. The smallest absolute Gasteiger partial charge is 0.453 e. The van der Waals surface area contributed by atoms with E-state index in [1.54, 1.807) is 32.2 Å². The first-order valence-electron chi connectivity index (χ1n) is 9.10. The summed E-state index contributed by atoms with van der Waals surface area (Å²) < 4.78 is 56.0. The Morgan fingerprint density at radius 2 is 1.87 bits per heavy atom. The standard InChI is InChI=1S/C19H22F3N5O3/c1-11-9-16(27-18(23-11)25-17(26-27)19(20,21)22)24-12(2)13-5-6-14(15(10-13)29-4)30-8-7-28-3/h5-6,9-10,12,24H,7-8H2,1-4H3. The minimum atomic E-state index is -4.66. The molecule has 0 amide bonds. The third kappa shape index (κ3) is 4.73. The highest BCUT2D eigenvalue weighted by Crippen LogP contribution is 2.32. The molecule has 0 aliphatic carbocycles. The molecule has 1 unspecified atom stereocenters. The summed E-state index contributed by atoms with van der Waals surface area (Å²) in [7, 11) is 3.12. The second-order valence-electron chi connectivity index (χ2n) is 6.55. The molecule has 8 nitrogen and oxygen atoms in total. The van der Waals surface area contributed by atoms with Crippen molar-refractivity contribution in [1.82, 2.24) is 19.6 Å². The fourth-order valence-electron chi connectivity index (χ4n) is 2.82. The van der Waals surface area contributed by atoms with Crippen LogP contribution in [0.3, 0.4) is 0 Å². The fourth-order valence-corrected chi connectivity index (χ4v) is 2.82. The van der Waals surface area contributed by atoms with E-state index in [4.69, 9.17) is 14.2 Å². The second-order valence-corrected chi connectivity index (χ2v) is 6.55. The zero-order chi connectivity index (χ0) is 21.9. The number of hydrogen-bond acceptors (Lipinski definition) is 7. The van der Waals surface area contributed by atoms with Gasteiger partial charge in [0.1, 0.15) is 12.4 Å². The van der Waals surface area contributed by atoms with E-state index in [1.807, 2.05) is 13.0 Å². The van der Waals surface area contributed by atoms with Crippen LogP contribution < -0.4 is 14.8 Å². The third-order valence-corrected chi connectivity index (χ3v) is 4.29.